The zero-order chi connectivity index (χ0) is 26.3. The standard InChI is InChI=1S/C25H33Cl2N3O4S/c1-6-18(4)28-25(32)22(7-2)29(15-19-10-8-17(3)9-11-19)24(31)16-30(35(5,33)34)23-14-20(26)12-13-21(23)27/h8-14,18,22H,6-7,15-16H2,1-5H3,(H,28,32). The monoisotopic (exact) mass is 541 g/mol. The zero-order valence-corrected chi connectivity index (χ0v) is 23.0. The first kappa shape index (κ1) is 28.9. The van der Waals surface area contributed by atoms with Crippen LogP contribution in [0.5, 0.6) is 0 Å². The summed E-state index contributed by atoms with van der Waals surface area (Å²) in [4.78, 5) is 28.2. The van der Waals surface area contributed by atoms with Gasteiger partial charge < -0.3 is 10.2 Å². The van der Waals surface area contributed by atoms with E-state index in [1.165, 1.54) is 23.1 Å². The average molecular weight is 543 g/mol. The van der Waals surface area contributed by atoms with Crippen LogP contribution in [0.25, 0.3) is 0 Å². The van der Waals surface area contributed by atoms with Crippen LogP contribution in [0.2, 0.25) is 10.0 Å². The third kappa shape index (κ3) is 8.12. The summed E-state index contributed by atoms with van der Waals surface area (Å²) >= 11 is 12.3. The number of halogens is 2. The summed E-state index contributed by atoms with van der Waals surface area (Å²) in [5.74, 6) is -0.813. The first-order valence-corrected chi connectivity index (χ1v) is 14.1. The maximum Gasteiger partial charge on any atom is 0.244 e. The van der Waals surface area contributed by atoms with Gasteiger partial charge in [0.1, 0.15) is 12.6 Å². The molecule has 10 heteroatoms. The smallest absolute Gasteiger partial charge is 0.244 e. The predicted molar refractivity (Wildman–Crippen MR) is 142 cm³/mol. The van der Waals surface area contributed by atoms with Crippen LogP contribution in [0.1, 0.15) is 44.7 Å². The molecule has 2 aromatic carbocycles. The van der Waals surface area contributed by atoms with Crippen molar-refractivity contribution in [2.24, 2.45) is 0 Å². The largest absolute Gasteiger partial charge is 0.352 e. The summed E-state index contributed by atoms with van der Waals surface area (Å²) in [6.45, 7) is 7.24. The van der Waals surface area contributed by atoms with Crippen LogP contribution in [0.15, 0.2) is 42.5 Å². The number of benzene rings is 2. The van der Waals surface area contributed by atoms with E-state index < -0.39 is 28.5 Å². The SMILES string of the molecule is CCC(C)NC(=O)C(CC)N(Cc1ccc(C)cc1)C(=O)CN(c1cc(Cl)ccc1Cl)S(C)(=O)=O. The fourth-order valence-electron chi connectivity index (χ4n) is 3.52. The molecule has 0 aromatic heterocycles. The predicted octanol–water partition coefficient (Wildman–Crippen LogP) is 4.79. The summed E-state index contributed by atoms with van der Waals surface area (Å²) in [5, 5.41) is 3.36. The van der Waals surface area contributed by atoms with Crippen molar-refractivity contribution >= 4 is 50.7 Å². The van der Waals surface area contributed by atoms with Gasteiger partial charge in [0.05, 0.1) is 17.0 Å². The van der Waals surface area contributed by atoms with Crippen LogP contribution in [-0.4, -0.2) is 50.0 Å². The highest BCUT2D eigenvalue weighted by molar-refractivity contribution is 7.92. The van der Waals surface area contributed by atoms with E-state index in [0.717, 1.165) is 28.1 Å². The molecule has 35 heavy (non-hydrogen) atoms. The van der Waals surface area contributed by atoms with Crippen molar-refractivity contribution in [1.29, 1.82) is 0 Å². The average Bonchev–Trinajstić information content (AvgIpc) is 2.79. The molecule has 0 bridgehead atoms. The highest BCUT2D eigenvalue weighted by Crippen LogP contribution is 2.31. The van der Waals surface area contributed by atoms with Crippen molar-refractivity contribution < 1.29 is 18.0 Å². The van der Waals surface area contributed by atoms with Crippen molar-refractivity contribution in [3.05, 3.63) is 63.6 Å². The topological polar surface area (TPSA) is 86.8 Å². The minimum atomic E-state index is -3.90. The molecule has 7 nitrogen and oxygen atoms in total. The van der Waals surface area contributed by atoms with E-state index in [1.54, 1.807) is 0 Å². The normalized spacial score (nSPS) is 13.1. The molecule has 0 heterocycles. The van der Waals surface area contributed by atoms with Gasteiger partial charge in [0.25, 0.3) is 0 Å². The fourth-order valence-corrected chi connectivity index (χ4v) is 4.81. The maximum atomic E-state index is 13.7. The van der Waals surface area contributed by atoms with Gasteiger partial charge >= 0.3 is 0 Å². The third-order valence-electron chi connectivity index (χ3n) is 5.72. The zero-order valence-electron chi connectivity index (χ0n) is 20.7. The molecule has 0 saturated heterocycles. The van der Waals surface area contributed by atoms with Crippen LogP contribution in [0.4, 0.5) is 5.69 Å². The van der Waals surface area contributed by atoms with Gasteiger partial charge in [0.2, 0.25) is 21.8 Å². The van der Waals surface area contributed by atoms with Gasteiger partial charge in [-0.15, -0.1) is 0 Å². The number of hydrogen-bond acceptors (Lipinski definition) is 4. The van der Waals surface area contributed by atoms with E-state index in [1.807, 2.05) is 52.0 Å². The number of carbonyl (C=O) groups excluding carboxylic acids is 2. The van der Waals surface area contributed by atoms with Gasteiger partial charge in [-0.25, -0.2) is 8.42 Å². The van der Waals surface area contributed by atoms with Crippen molar-refractivity contribution in [1.82, 2.24) is 10.2 Å². The van der Waals surface area contributed by atoms with E-state index >= 15 is 0 Å². The lowest BCUT2D eigenvalue weighted by Crippen LogP contribution is -2.53. The summed E-state index contributed by atoms with van der Waals surface area (Å²) < 4.78 is 26.3. The summed E-state index contributed by atoms with van der Waals surface area (Å²) in [6.07, 6.45) is 2.09. The summed E-state index contributed by atoms with van der Waals surface area (Å²) in [7, 11) is -3.90. The highest BCUT2D eigenvalue weighted by atomic mass is 35.5. The first-order valence-electron chi connectivity index (χ1n) is 11.5. The molecule has 0 spiro atoms. The van der Waals surface area contributed by atoms with Gasteiger partial charge in [0.15, 0.2) is 0 Å². The molecule has 2 unspecified atom stereocenters. The van der Waals surface area contributed by atoms with E-state index in [-0.39, 0.29) is 34.2 Å². The second-order valence-electron chi connectivity index (χ2n) is 8.61. The Labute approximate surface area is 218 Å². The Balaban J connectivity index is 2.47. The Bertz CT molecular complexity index is 1140. The number of aryl methyl sites for hydroxylation is 1. The Morgan fingerprint density at radius 2 is 1.66 bits per heavy atom. The molecule has 2 amide bonds. The van der Waals surface area contributed by atoms with Crippen LogP contribution >= 0.6 is 23.2 Å². The number of hydrogen-bond donors (Lipinski definition) is 1. The van der Waals surface area contributed by atoms with Gasteiger partial charge in [-0.1, -0.05) is 66.9 Å². The van der Waals surface area contributed by atoms with Crippen molar-refractivity contribution in [3.63, 3.8) is 0 Å². The number of carbonyl (C=O) groups is 2. The van der Waals surface area contributed by atoms with Gasteiger partial charge in [-0.2, -0.15) is 0 Å². The molecular weight excluding hydrogens is 509 g/mol. The second-order valence-corrected chi connectivity index (χ2v) is 11.4. The van der Waals surface area contributed by atoms with E-state index in [9.17, 15) is 18.0 Å². The lowest BCUT2D eigenvalue weighted by molar-refractivity contribution is -0.140. The Hall–Kier alpha value is -2.29. The molecule has 0 aliphatic carbocycles. The maximum absolute atomic E-state index is 13.7. The lowest BCUT2D eigenvalue weighted by atomic mass is 10.1. The summed E-state index contributed by atoms with van der Waals surface area (Å²) in [6, 6.07) is 11.2. The van der Waals surface area contributed by atoms with Crippen LogP contribution in [-0.2, 0) is 26.2 Å². The Morgan fingerprint density at radius 1 is 1.03 bits per heavy atom. The summed E-state index contributed by atoms with van der Waals surface area (Å²) in [5.41, 5.74) is 1.99. The molecule has 0 radical (unpaired) electrons. The molecule has 0 aliphatic rings. The number of nitrogens with one attached hydrogen (secondary N) is 1. The third-order valence-corrected chi connectivity index (χ3v) is 7.40. The van der Waals surface area contributed by atoms with E-state index in [4.69, 9.17) is 23.2 Å². The number of anilines is 1. The fraction of sp³-hybridized carbons (Fsp3) is 0.440. The molecule has 0 saturated carbocycles. The van der Waals surface area contributed by atoms with Crippen molar-refractivity contribution in [2.75, 3.05) is 17.1 Å². The second kappa shape index (κ2) is 12.6. The molecule has 0 fully saturated rings. The minimum Gasteiger partial charge on any atom is -0.352 e. The van der Waals surface area contributed by atoms with Gasteiger partial charge in [-0.3, -0.25) is 13.9 Å². The molecule has 2 aromatic rings. The van der Waals surface area contributed by atoms with E-state index in [2.05, 4.69) is 5.32 Å². The van der Waals surface area contributed by atoms with Crippen LogP contribution < -0.4 is 9.62 Å². The van der Waals surface area contributed by atoms with Gasteiger partial charge in [-0.05, 0) is 50.5 Å². The number of amides is 2. The van der Waals surface area contributed by atoms with Crippen molar-refractivity contribution in [3.8, 4) is 0 Å². The number of nitrogens with zero attached hydrogens (tertiary/aromatic N) is 2. The molecule has 2 atom stereocenters. The minimum absolute atomic E-state index is 0.0642. The molecular formula is C25H33Cl2N3O4S. The number of rotatable bonds is 11. The van der Waals surface area contributed by atoms with Gasteiger partial charge in [0, 0.05) is 17.6 Å². The molecule has 0 aliphatic heterocycles. The highest BCUT2D eigenvalue weighted by Gasteiger charge is 2.32. The van der Waals surface area contributed by atoms with Crippen LogP contribution in [0, 0.1) is 6.92 Å². The Kier molecular flexibility index (Phi) is 10.4. The molecule has 2 rings (SSSR count). The van der Waals surface area contributed by atoms with Crippen LogP contribution in [0.3, 0.4) is 0 Å². The quantitative estimate of drug-likeness (QED) is 0.443. The first-order chi connectivity index (χ1) is 16.4. The molecule has 192 valence electrons. The Morgan fingerprint density at radius 3 is 2.20 bits per heavy atom. The van der Waals surface area contributed by atoms with Crippen molar-refractivity contribution in [2.45, 2.75) is 59.2 Å². The molecule has 1 N–H and O–H groups in total. The van der Waals surface area contributed by atoms with E-state index in [0.29, 0.717) is 6.42 Å². The lowest BCUT2D eigenvalue weighted by Gasteiger charge is -2.33. The number of sulfonamides is 1.